The number of aromatic nitrogens is 1. The highest BCUT2D eigenvalue weighted by Crippen LogP contribution is 2.28. The number of carbonyl (C=O) groups is 1. The number of methoxy groups -OCH3 is 1. The highest BCUT2D eigenvalue weighted by atomic mass is 35.5. The molecule has 0 aliphatic heterocycles. The molecular weight excluding hydrogens is 289 g/mol. The van der Waals surface area contributed by atoms with Crippen molar-refractivity contribution in [3.63, 3.8) is 0 Å². The standard InChI is InChI=1S/C13H9Cl2NO3/c1-19-13(18)7-4-11(16-12(17)5-7)9-3-2-8(14)6-10(9)15/h2-6H,1H3,(H,16,17). The van der Waals surface area contributed by atoms with Crippen molar-refractivity contribution < 1.29 is 9.53 Å². The smallest absolute Gasteiger partial charge is 0.338 e. The molecule has 1 heterocycles. The van der Waals surface area contributed by atoms with Crippen molar-refractivity contribution in [2.45, 2.75) is 0 Å². The fourth-order valence-electron chi connectivity index (χ4n) is 1.63. The molecule has 1 aromatic carbocycles. The molecule has 0 spiro atoms. The molecule has 0 aliphatic carbocycles. The minimum Gasteiger partial charge on any atom is -0.465 e. The average molecular weight is 298 g/mol. The van der Waals surface area contributed by atoms with Gasteiger partial charge >= 0.3 is 5.97 Å². The summed E-state index contributed by atoms with van der Waals surface area (Å²) < 4.78 is 4.59. The number of rotatable bonds is 2. The Morgan fingerprint density at radius 1 is 1.21 bits per heavy atom. The summed E-state index contributed by atoms with van der Waals surface area (Å²) in [6, 6.07) is 7.53. The second-order valence-corrected chi connectivity index (χ2v) is 4.61. The van der Waals surface area contributed by atoms with E-state index in [1.54, 1.807) is 18.2 Å². The number of hydrogen-bond acceptors (Lipinski definition) is 3. The molecule has 0 atom stereocenters. The highest BCUT2D eigenvalue weighted by Gasteiger charge is 2.11. The lowest BCUT2D eigenvalue weighted by atomic mass is 10.1. The zero-order valence-electron chi connectivity index (χ0n) is 9.87. The molecule has 1 aromatic heterocycles. The van der Waals surface area contributed by atoms with Crippen LogP contribution in [0.3, 0.4) is 0 Å². The van der Waals surface area contributed by atoms with Crippen LogP contribution in [0.5, 0.6) is 0 Å². The van der Waals surface area contributed by atoms with Gasteiger partial charge in [0.25, 0.3) is 0 Å². The molecule has 2 aromatic rings. The van der Waals surface area contributed by atoms with E-state index in [2.05, 4.69) is 9.72 Å². The van der Waals surface area contributed by atoms with Crippen molar-refractivity contribution in [3.8, 4) is 11.3 Å². The molecule has 0 unspecified atom stereocenters. The van der Waals surface area contributed by atoms with E-state index in [0.29, 0.717) is 21.3 Å². The molecule has 0 radical (unpaired) electrons. The highest BCUT2D eigenvalue weighted by molar-refractivity contribution is 6.36. The first kappa shape index (κ1) is 13.6. The van der Waals surface area contributed by atoms with Gasteiger partial charge in [0, 0.05) is 16.7 Å². The summed E-state index contributed by atoms with van der Waals surface area (Å²) in [6.45, 7) is 0. The van der Waals surface area contributed by atoms with Crippen molar-refractivity contribution in [1.29, 1.82) is 0 Å². The zero-order valence-corrected chi connectivity index (χ0v) is 11.4. The number of benzene rings is 1. The second kappa shape index (κ2) is 5.47. The Hall–Kier alpha value is -1.78. The molecule has 4 nitrogen and oxygen atoms in total. The number of aromatic amines is 1. The Morgan fingerprint density at radius 3 is 2.58 bits per heavy atom. The molecule has 2 rings (SSSR count). The van der Waals surface area contributed by atoms with Crippen LogP contribution in [-0.2, 0) is 4.74 Å². The predicted molar refractivity (Wildman–Crippen MR) is 73.9 cm³/mol. The Morgan fingerprint density at radius 2 is 1.95 bits per heavy atom. The largest absolute Gasteiger partial charge is 0.465 e. The van der Waals surface area contributed by atoms with E-state index in [-0.39, 0.29) is 5.56 Å². The van der Waals surface area contributed by atoms with Gasteiger partial charge in [-0.25, -0.2) is 4.79 Å². The zero-order chi connectivity index (χ0) is 14.0. The lowest BCUT2D eigenvalue weighted by Crippen LogP contribution is -2.11. The Bertz CT molecular complexity index is 695. The number of pyridine rings is 1. The SMILES string of the molecule is COC(=O)c1cc(-c2ccc(Cl)cc2Cl)[nH]c(=O)c1. The normalized spacial score (nSPS) is 10.3. The number of ether oxygens (including phenoxy) is 1. The maximum atomic E-state index is 11.6. The van der Waals surface area contributed by atoms with Crippen molar-refractivity contribution in [2.24, 2.45) is 0 Å². The second-order valence-electron chi connectivity index (χ2n) is 3.76. The summed E-state index contributed by atoms with van der Waals surface area (Å²) in [5.74, 6) is -0.586. The third-order valence-corrected chi connectivity index (χ3v) is 3.03. The topological polar surface area (TPSA) is 59.2 Å². The van der Waals surface area contributed by atoms with Crippen LogP contribution in [-0.4, -0.2) is 18.1 Å². The van der Waals surface area contributed by atoms with Gasteiger partial charge in [-0.15, -0.1) is 0 Å². The van der Waals surface area contributed by atoms with E-state index in [1.807, 2.05) is 0 Å². The molecular formula is C13H9Cl2NO3. The van der Waals surface area contributed by atoms with Crippen LogP contribution in [0.1, 0.15) is 10.4 Å². The monoisotopic (exact) mass is 297 g/mol. The van der Waals surface area contributed by atoms with Crippen molar-refractivity contribution in [2.75, 3.05) is 7.11 Å². The Labute approximate surface area is 118 Å². The first-order chi connectivity index (χ1) is 9.01. The molecule has 6 heteroatoms. The summed E-state index contributed by atoms with van der Waals surface area (Å²) >= 11 is 11.9. The number of carbonyl (C=O) groups excluding carboxylic acids is 1. The first-order valence-electron chi connectivity index (χ1n) is 5.29. The maximum absolute atomic E-state index is 11.6. The third-order valence-electron chi connectivity index (χ3n) is 2.49. The molecule has 0 bridgehead atoms. The summed E-state index contributed by atoms with van der Waals surface area (Å²) in [7, 11) is 1.25. The summed E-state index contributed by atoms with van der Waals surface area (Å²) in [5.41, 5.74) is 0.750. The summed E-state index contributed by atoms with van der Waals surface area (Å²) in [6.07, 6.45) is 0. The van der Waals surface area contributed by atoms with Gasteiger partial charge in [-0.3, -0.25) is 4.79 Å². The molecule has 1 N–H and O–H groups in total. The van der Waals surface area contributed by atoms with E-state index >= 15 is 0 Å². The fourth-order valence-corrected chi connectivity index (χ4v) is 2.14. The number of H-pyrrole nitrogens is 1. The van der Waals surface area contributed by atoms with Gasteiger partial charge in [0.15, 0.2) is 0 Å². The van der Waals surface area contributed by atoms with Crippen molar-refractivity contribution >= 4 is 29.2 Å². The number of halogens is 2. The number of nitrogens with one attached hydrogen (secondary N) is 1. The van der Waals surface area contributed by atoms with E-state index in [4.69, 9.17) is 23.2 Å². The van der Waals surface area contributed by atoms with Crippen LogP contribution in [0.25, 0.3) is 11.3 Å². The van der Waals surface area contributed by atoms with Gasteiger partial charge in [0.1, 0.15) is 0 Å². The minimum atomic E-state index is -0.586. The van der Waals surface area contributed by atoms with Gasteiger partial charge in [0.05, 0.1) is 23.4 Å². The lowest BCUT2D eigenvalue weighted by molar-refractivity contribution is 0.0600. The lowest BCUT2D eigenvalue weighted by Gasteiger charge is -2.06. The van der Waals surface area contributed by atoms with Crippen LogP contribution in [0.2, 0.25) is 10.0 Å². The van der Waals surface area contributed by atoms with E-state index in [0.717, 1.165) is 0 Å². The van der Waals surface area contributed by atoms with Gasteiger partial charge in [-0.2, -0.15) is 0 Å². The molecule has 0 aliphatic rings. The van der Waals surface area contributed by atoms with Crippen LogP contribution in [0, 0.1) is 0 Å². The van der Waals surface area contributed by atoms with Crippen LogP contribution < -0.4 is 5.56 Å². The van der Waals surface area contributed by atoms with Gasteiger partial charge in [-0.05, 0) is 24.3 Å². The molecule has 19 heavy (non-hydrogen) atoms. The molecule has 0 saturated heterocycles. The van der Waals surface area contributed by atoms with E-state index in [1.165, 1.54) is 19.2 Å². The first-order valence-corrected chi connectivity index (χ1v) is 6.05. The van der Waals surface area contributed by atoms with Crippen LogP contribution >= 0.6 is 23.2 Å². The Kier molecular flexibility index (Phi) is 3.93. The predicted octanol–water partition coefficient (Wildman–Crippen LogP) is 3.14. The Balaban J connectivity index is 2.59. The minimum absolute atomic E-state index is 0.160. The van der Waals surface area contributed by atoms with Gasteiger partial charge < -0.3 is 9.72 Å². The quantitative estimate of drug-likeness (QED) is 0.866. The van der Waals surface area contributed by atoms with E-state index < -0.39 is 11.5 Å². The summed E-state index contributed by atoms with van der Waals surface area (Å²) in [4.78, 5) is 25.6. The van der Waals surface area contributed by atoms with Gasteiger partial charge in [0.2, 0.25) is 5.56 Å². The molecule has 0 amide bonds. The number of hydrogen-bond donors (Lipinski definition) is 1. The number of esters is 1. The van der Waals surface area contributed by atoms with Crippen molar-refractivity contribution in [3.05, 3.63) is 56.3 Å². The van der Waals surface area contributed by atoms with Crippen LogP contribution in [0.4, 0.5) is 0 Å². The van der Waals surface area contributed by atoms with Gasteiger partial charge in [-0.1, -0.05) is 23.2 Å². The fraction of sp³-hybridized carbons (Fsp3) is 0.0769. The average Bonchev–Trinajstić information content (AvgIpc) is 2.37. The van der Waals surface area contributed by atoms with E-state index in [9.17, 15) is 9.59 Å². The summed E-state index contributed by atoms with van der Waals surface area (Å²) in [5, 5.41) is 0.866. The molecule has 98 valence electrons. The van der Waals surface area contributed by atoms with Crippen molar-refractivity contribution in [1.82, 2.24) is 4.98 Å². The maximum Gasteiger partial charge on any atom is 0.338 e. The molecule has 0 saturated carbocycles. The van der Waals surface area contributed by atoms with Crippen LogP contribution in [0.15, 0.2) is 35.1 Å². The third kappa shape index (κ3) is 2.97. The molecule has 0 fully saturated rings.